The highest BCUT2D eigenvalue weighted by molar-refractivity contribution is 5.46. The van der Waals surface area contributed by atoms with Crippen LogP contribution >= 0.6 is 0 Å². The molecule has 0 bridgehead atoms. The number of hydrogen-bond acceptors (Lipinski definition) is 4. The van der Waals surface area contributed by atoms with Crippen LogP contribution in [0.4, 0.5) is 5.82 Å². The molecule has 2 heterocycles. The van der Waals surface area contributed by atoms with Crippen LogP contribution in [0.3, 0.4) is 0 Å². The number of aryl methyl sites for hydroxylation is 1. The molecule has 0 aromatic carbocycles. The van der Waals surface area contributed by atoms with Crippen LogP contribution in [-0.4, -0.2) is 16.5 Å². The Morgan fingerprint density at radius 2 is 2.11 bits per heavy atom. The average molecular weight is 256 g/mol. The van der Waals surface area contributed by atoms with E-state index in [9.17, 15) is 0 Å². The highest BCUT2D eigenvalue weighted by atomic mass is 14.9. The molecule has 0 saturated heterocycles. The summed E-state index contributed by atoms with van der Waals surface area (Å²) >= 11 is 0. The Labute approximate surface area is 114 Å². The van der Waals surface area contributed by atoms with Crippen molar-refractivity contribution in [1.29, 1.82) is 0 Å². The molecule has 0 aliphatic rings. The number of nitrogen functional groups attached to an aromatic ring is 1. The van der Waals surface area contributed by atoms with Gasteiger partial charge in [-0.25, -0.2) is 4.98 Å². The molecule has 0 amide bonds. The molecule has 0 spiro atoms. The summed E-state index contributed by atoms with van der Waals surface area (Å²) < 4.78 is 0. The number of aromatic nitrogens is 2. The molecule has 1 atom stereocenters. The minimum absolute atomic E-state index is 0.0663. The lowest BCUT2D eigenvalue weighted by Gasteiger charge is -2.22. The normalized spacial score (nSPS) is 12.3. The number of anilines is 1. The summed E-state index contributed by atoms with van der Waals surface area (Å²) in [5, 5.41) is 3.54. The zero-order chi connectivity index (χ0) is 13.7. The number of rotatable bonds is 5. The molecule has 100 valence electrons. The van der Waals surface area contributed by atoms with Gasteiger partial charge in [0.15, 0.2) is 0 Å². The number of hydrogen-bond donors (Lipinski definition) is 2. The smallest absolute Gasteiger partial charge is 0.128 e. The minimum atomic E-state index is 0.0663. The van der Waals surface area contributed by atoms with Gasteiger partial charge < -0.3 is 11.1 Å². The van der Waals surface area contributed by atoms with Crippen LogP contribution in [0, 0.1) is 6.92 Å². The number of nitrogens with one attached hydrogen (secondary N) is 1. The second-order valence-corrected chi connectivity index (χ2v) is 4.60. The molecule has 0 aliphatic carbocycles. The first kappa shape index (κ1) is 13.5. The lowest BCUT2D eigenvalue weighted by molar-refractivity contribution is 0.595. The summed E-state index contributed by atoms with van der Waals surface area (Å²) in [5.41, 5.74) is 9.38. The second-order valence-electron chi connectivity index (χ2n) is 4.60. The van der Waals surface area contributed by atoms with Crippen molar-refractivity contribution in [1.82, 2.24) is 15.3 Å². The Balaban J connectivity index is 2.42. The van der Waals surface area contributed by atoms with E-state index in [-0.39, 0.29) is 6.04 Å². The lowest BCUT2D eigenvalue weighted by atomic mass is 9.96. The molecule has 0 aliphatic heterocycles. The van der Waals surface area contributed by atoms with Gasteiger partial charge in [-0.15, -0.1) is 0 Å². The highest BCUT2D eigenvalue weighted by Gasteiger charge is 2.17. The third kappa shape index (κ3) is 3.09. The maximum atomic E-state index is 6.01. The average Bonchev–Trinajstić information content (AvgIpc) is 2.42. The van der Waals surface area contributed by atoms with Crippen molar-refractivity contribution in [3.63, 3.8) is 0 Å². The fraction of sp³-hybridized carbons (Fsp3) is 0.333. The molecule has 1 unspecified atom stereocenters. The van der Waals surface area contributed by atoms with Gasteiger partial charge in [0.1, 0.15) is 5.82 Å². The third-order valence-electron chi connectivity index (χ3n) is 3.16. The van der Waals surface area contributed by atoms with Gasteiger partial charge in [0.2, 0.25) is 0 Å². The lowest BCUT2D eigenvalue weighted by Crippen LogP contribution is -2.25. The van der Waals surface area contributed by atoms with Crippen LogP contribution in [0.25, 0.3) is 0 Å². The van der Waals surface area contributed by atoms with E-state index in [1.54, 1.807) is 6.20 Å². The summed E-state index contributed by atoms with van der Waals surface area (Å²) in [6, 6.07) is 6.05. The van der Waals surface area contributed by atoms with Crippen LogP contribution in [0.1, 0.15) is 36.1 Å². The van der Waals surface area contributed by atoms with Crippen molar-refractivity contribution in [3.05, 3.63) is 53.5 Å². The Bertz CT molecular complexity index is 494. The van der Waals surface area contributed by atoms with E-state index in [2.05, 4.69) is 29.1 Å². The summed E-state index contributed by atoms with van der Waals surface area (Å²) in [7, 11) is 0. The van der Waals surface area contributed by atoms with Crippen molar-refractivity contribution in [2.24, 2.45) is 0 Å². The number of pyridine rings is 2. The van der Waals surface area contributed by atoms with E-state index in [1.807, 2.05) is 30.6 Å². The molecular formula is C15H20N4. The first-order chi connectivity index (χ1) is 9.24. The molecule has 0 fully saturated rings. The van der Waals surface area contributed by atoms with Gasteiger partial charge in [-0.2, -0.15) is 0 Å². The molecule has 3 N–H and O–H groups in total. The molecule has 2 aromatic rings. The molecule has 4 heteroatoms. The van der Waals surface area contributed by atoms with Gasteiger partial charge in [-0.05, 0) is 43.1 Å². The Hall–Kier alpha value is -1.94. The zero-order valence-electron chi connectivity index (χ0n) is 11.4. The molecular weight excluding hydrogens is 236 g/mol. The Kier molecular flexibility index (Phi) is 4.47. The Morgan fingerprint density at radius 3 is 2.79 bits per heavy atom. The third-order valence-corrected chi connectivity index (χ3v) is 3.16. The molecule has 2 rings (SSSR count). The van der Waals surface area contributed by atoms with Crippen LogP contribution in [0.5, 0.6) is 0 Å². The largest absolute Gasteiger partial charge is 0.383 e. The van der Waals surface area contributed by atoms with Gasteiger partial charge in [0.05, 0.1) is 6.04 Å². The quantitative estimate of drug-likeness (QED) is 0.862. The van der Waals surface area contributed by atoms with Crippen molar-refractivity contribution >= 4 is 5.82 Å². The fourth-order valence-electron chi connectivity index (χ4n) is 2.16. The van der Waals surface area contributed by atoms with Crippen molar-refractivity contribution < 1.29 is 0 Å². The number of nitrogens with two attached hydrogens (primary N) is 1. The van der Waals surface area contributed by atoms with Crippen molar-refractivity contribution in [2.75, 3.05) is 12.3 Å². The topological polar surface area (TPSA) is 63.8 Å². The van der Waals surface area contributed by atoms with Crippen LogP contribution in [-0.2, 0) is 0 Å². The standard InChI is InChI=1S/C15H20N4/c1-3-7-18-14(12-6-9-17-10-11(12)2)13-5-4-8-19-15(13)16/h4-6,8-10,14,18H,3,7H2,1-2H3,(H2,16,19). The molecule has 4 nitrogen and oxygen atoms in total. The second kappa shape index (κ2) is 6.29. The monoisotopic (exact) mass is 256 g/mol. The van der Waals surface area contributed by atoms with E-state index >= 15 is 0 Å². The number of nitrogens with zero attached hydrogens (tertiary/aromatic N) is 2. The van der Waals surface area contributed by atoms with Crippen LogP contribution in [0.15, 0.2) is 36.8 Å². The van der Waals surface area contributed by atoms with Crippen molar-refractivity contribution in [3.8, 4) is 0 Å². The maximum absolute atomic E-state index is 6.01. The molecule has 0 saturated carbocycles. The first-order valence-corrected chi connectivity index (χ1v) is 6.58. The predicted octanol–water partition coefficient (Wildman–Crippen LogP) is 2.46. The van der Waals surface area contributed by atoms with Gasteiger partial charge in [0.25, 0.3) is 0 Å². The molecule has 19 heavy (non-hydrogen) atoms. The van der Waals surface area contributed by atoms with E-state index < -0.39 is 0 Å². The minimum Gasteiger partial charge on any atom is -0.383 e. The predicted molar refractivity (Wildman–Crippen MR) is 77.8 cm³/mol. The summed E-state index contributed by atoms with van der Waals surface area (Å²) in [4.78, 5) is 8.33. The summed E-state index contributed by atoms with van der Waals surface area (Å²) in [5.74, 6) is 0.576. The van der Waals surface area contributed by atoms with Gasteiger partial charge >= 0.3 is 0 Å². The molecule has 0 radical (unpaired) electrons. The van der Waals surface area contributed by atoms with Gasteiger partial charge in [-0.3, -0.25) is 4.98 Å². The van der Waals surface area contributed by atoms with Gasteiger partial charge in [0, 0.05) is 24.2 Å². The van der Waals surface area contributed by atoms with Crippen LogP contribution in [0.2, 0.25) is 0 Å². The first-order valence-electron chi connectivity index (χ1n) is 6.58. The van der Waals surface area contributed by atoms with E-state index in [0.717, 1.165) is 24.1 Å². The van der Waals surface area contributed by atoms with Gasteiger partial charge in [-0.1, -0.05) is 13.0 Å². The molecule has 2 aromatic heterocycles. The fourth-order valence-corrected chi connectivity index (χ4v) is 2.16. The van der Waals surface area contributed by atoms with E-state index in [0.29, 0.717) is 5.82 Å². The highest BCUT2D eigenvalue weighted by Crippen LogP contribution is 2.27. The SMILES string of the molecule is CCCNC(c1ccncc1C)c1cccnc1N. The van der Waals surface area contributed by atoms with E-state index in [4.69, 9.17) is 5.73 Å². The summed E-state index contributed by atoms with van der Waals surface area (Å²) in [6.07, 6.45) is 6.48. The summed E-state index contributed by atoms with van der Waals surface area (Å²) in [6.45, 7) is 5.15. The maximum Gasteiger partial charge on any atom is 0.128 e. The van der Waals surface area contributed by atoms with Crippen molar-refractivity contribution in [2.45, 2.75) is 26.3 Å². The van der Waals surface area contributed by atoms with E-state index in [1.165, 1.54) is 5.56 Å². The van der Waals surface area contributed by atoms with Crippen LogP contribution < -0.4 is 11.1 Å². The zero-order valence-corrected chi connectivity index (χ0v) is 11.4. The Morgan fingerprint density at radius 1 is 1.26 bits per heavy atom.